The molecule has 16 heavy (non-hydrogen) atoms. The molecule has 1 rings (SSSR count). The Balaban J connectivity index is 2.68. The fourth-order valence-electron chi connectivity index (χ4n) is 1.06. The van der Waals surface area contributed by atoms with Gasteiger partial charge in [0.1, 0.15) is 11.9 Å². The second kappa shape index (κ2) is 5.06. The molecule has 0 aliphatic heterocycles. The summed E-state index contributed by atoms with van der Waals surface area (Å²) in [6.45, 7) is 5.06. The van der Waals surface area contributed by atoms with Crippen molar-refractivity contribution in [1.29, 1.82) is 0 Å². The van der Waals surface area contributed by atoms with Crippen molar-refractivity contribution in [2.24, 2.45) is 0 Å². The average molecular weight is 224 g/mol. The Morgan fingerprint density at radius 3 is 2.81 bits per heavy atom. The monoisotopic (exact) mass is 224 g/mol. The third-order valence-electron chi connectivity index (χ3n) is 1.81. The zero-order chi connectivity index (χ0) is 12.1. The Morgan fingerprint density at radius 1 is 1.69 bits per heavy atom. The molecule has 1 aromatic rings. The highest BCUT2D eigenvalue weighted by atomic mass is 16.4. The van der Waals surface area contributed by atoms with Crippen LogP contribution in [0.4, 0.5) is 0 Å². The molecule has 1 unspecified atom stereocenters. The number of carboxylic acid groups (broad SMARTS) is 1. The van der Waals surface area contributed by atoms with Crippen LogP contribution in [0.15, 0.2) is 12.7 Å². The van der Waals surface area contributed by atoms with Gasteiger partial charge >= 0.3 is 5.97 Å². The zero-order valence-electron chi connectivity index (χ0n) is 8.73. The van der Waals surface area contributed by atoms with E-state index in [9.17, 15) is 9.59 Å². The van der Waals surface area contributed by atoms with E-state index >= 15 is 0 Å². The minimum atomic E-state index is -1.12. The second-order valence-electron chi connectivity index (χ2n) is 3.13. The quantitative estimate of drug-likeness (QED) is 0.604. The van der Waals surface area contributed by atoms with Crippen LogP contribution in [0.3, 0.4) is 0 Å². The maximum Gasteiger partial charge on any atom is 0.326 e. The molecule has 0 aromatic carbocycles. The molecule has 0 saturated heterocycles. The number of carbonyl (C=O) groups excluding carboxylic acids is 1. The van der Waals surface area contributed by atoms with E-state index in [1.165, 1.54) is 6.08 Å². The van der Waals surface area contributed by atoms with E-state index in [0.29, 0.717) is 5.82 Å². The van der Waals surface area contributed by atoms with Crippen LogP contribution in [0.1, 0.15) is 22.9 Å². The Hall–Kier alpha value is -2.18. The SMILES string of the molecule is C=CCC(NC(=O)c1n[nH]c(C)n1)C(=O)O. The molecule has 0 aliphatic carbocycles. The van der Waals surface area contributed by atoms with Gasteiger partial charge in [-0.2, -0.15) is 0 Å². The van der Waals surface area contributed by atoms with Crippen molar-refractivity contribution in [1.82, 2.24) is 20.5 Å². The number of aryl methyl sites for hydroxylation is 1. The molecule has 1 aromatic heterocycles. The maximum atomic E-state index is 11.5. The van der Waals surface area contributed by atoms with Gasteiger partial charge in [0.25, 0.3) is 5.91 Å². The van der Waals surface area contributed by atoms with Crippen LogP contribution in [0.2, 0.25) is 0 Å². The van der Waals surface area contributed by atoms with E-state index < -0.39 is 17.9 Å². The van der Waals surface area contributed by atoms with Gasteiger partial charge in [-0.3, -0.25) is 9.89 Å². The summed E-state index contributed by atoms with van der Waals surface area (Å²) in [4.78, 5) is 26.0. The predicted octanol–water partition coefficient (Wildman–Crippen LogP) is -0.128. The first-order valence-corrected chi connectivity index (χ1v) is 4.58. The Bertz CT molecular complexity index is 413. The molecule has 86 valence electrons. The Labute approximate surface area is 91.6 Å². The van der Waals surface area contributed by atoms with Gasteiger partial charge < -0.3 is 10.4 Å². The summed E-state index contributed by atoms with van der Waals surface area (Å²) in [7, 11) is 0. The molecule has 0 spiro atoms. The number of rotatable bonds is 5. The minimum absolute atomic E-state index is 0.0761. The van der Waals surface area contributed by atoms with Crippen LogP contribution >= 0.6 is 0 Å². The van der Waals surface area contributed by atoms with Gasteiger partial charge in [0.2, 0.25) is 5.82 Å². The molecule has 7 nitrogen and oxygen atoms in total. The first-order chi connectivity index (χ1) is 7.54. The number of nitrogens with zero attached hydrogens (tertiary/aromatic N) is 2. The van der Waals surface area contributed by atoms with E-state index in [2.05, 4.69) is 27.1 Å². The van der Waals surface area contributed by atoms with Crippen LogP contribution in [0, 0.1) is 6.92 Å². The Kier molecular flexibility index (Phi) is 3.76. The smallest absolute Gasteiger partial charge is 0.326 e. The lowest BCUT2D eigenvalue weighted by Crippen LogP contribution is -2.40. The molecule has 7 heteroatoms. The standard InChI is InChI=1S/C9H12N4O3/c1-3-4-6(9(15)16)11-8(14)7-10-5(2)12-13-7/h3,6H,1,4H2,2H3,(H,11,14)(H,15,16)(H,10,12,13). The molecule has 0 bridgehead atoms. The summed E-state index contributed by atoms with van der Waals surface area (Å²) in [5.41, 5.74) is 0. The van der Waals surface area contributed by atoms with Crippen molar-refractivity contribution in [2.75, 3.05) is 0 Å². The highest BCUT2D eigenvalue weighted by molar-refractivity contribution is 5.93. The molecule has 1 heterocycles. The number of hydrogen-bond donors (Lipinski definition) is 3. The number of carboxylic acids is 1. The number of hydrogen-bond acceptors (Lipinski definition) is 4. The number of nitrogens with one attached hydrogen (secondary N) is 2. The number of H-pyrrole nitrogens is 1. The van der Waals surface area contributed by atoms with Crippen molar-refractivity contribution in [3.05, 3.63) is 24.3 Å². The first kappa shape index (κ1) is 11.9. The van der Waals surface area contributed by atoms with E-state index in [0.717, 1.165) is 0 Å². The fourth-order valence-corrected chi connectivity index (χ4v) is 1.06. The maximum absolute atomic E-state index is 11.5. The summed E-state index contributed by atoms with van der Waals surface area (Å²) in [6.07, 6.45) is 1.56. The number of aromatic nitrogens is 3. The topological polar surface area (TPSA) is 108 Å². The molecule has 0 aliphatic rings. The van der Waals surface area contributed by atoms with Crippen LogP contribution in [-0.2, 0) is 4.79 Å². The average Bonchev–Trinajstić information content (AvgIpc) is 2.64. The minimum Gasteiger partial charge on any atom is -0.480 e. The molecular formula is C9H12N4O3. The van der Waals surface area contributed by atoms with Gasteiger partial charge in [-0.1, -0.05) is 6.08 Å². The highest BCUT2D eigenvalue weighted by Gasteiger charge is 2.21. The molecule has 1 atom stereocenters. The molecular weight excluding hydrogens is 212 g/mol. The van der Waals surface area contributed by atoms with Gasteiger partial charge in [-0.15, -0.1) is 11.7 Å². The highest BCUT2D eigenvalue weighted by Crippen LogP contribution is 1.97. The molecule has 0 fully saturated rings. The van der Waals surface area contributed by atoms with E-state index in [1.54, 1.807) is 6.92 Å². The summed E-state index contributed by atoms with van der Waals surface area (Å²) in [6, 6.07) is -1.01. The van der Waals surface area contributed by atoms with Crippen LogP contribution in [0.25, 0.3) is 0 Å². The van der Waals surface area contributed by atoms with Crippen LogP contribution < -0.4 is 5.32 Å². The third kappa shape index (κ3) is 2.91. The third-order valence-corrected chi connectivity index (χ3v) is 1.81. The van der Waals surface area contributed by atoms with Gasteiger partial charge in [0.05, 0.1) is 0 Å². The summed E-state index contributed by atoms with van der Waals surface area (Å²) in [5.74, 6) is -1.34. The summed E-state index contributed by atoms with van der Waals surface area (Å²) in [5, 5.41) is 17.2. The lowest BCUT2D eigenvalue weighted by molar-refractivity contribution is -0.139. The van der Waals surface area contributed by atoms with Crippen molar-refractivity contribution in [3.63, 3.8) is 0 Å². The van der Waals surface area contributed by atoms with Crippen molar-refractivity contribution >= 4 is 11.9 Å². The van der Waals surface area contributed by atoms with Gasteiger partial charge in [0.15, 0.2) is 0 Å². The van der Waals surface area contributed by atoms with Crippen molar-refractivity contribution in [3.8, 4) is 0 Å². The predicted molar refractivity (Wildman–Crippen MR) is 54.8 cm³/mol. The second-order valence-corrected chi connectivity index (χ2v) is 3.13. The zero-order valence-corrected chi connectivity index (χ0v) is 8.73. The van der Waals surface area contributed by atoms with E-state index in [1.807, 2.05) is 0 Å². The number of carbonyl (C=O) groups is 2. The van der Waals surface area contributed by atoms with Gasteiger partial charge in [-0.25, -0.2) is 9.78 Å². The summed E-state index contributed by atoms with van der Waals surface area (Å²) >= 11 is 0. The van der Waals surface area contributed by atoms with Crippen molar-refractivity contribution < 1.29 is 14.7 Å². The molecule has 0 radical (unpaired) electrons. The Morgan fingerprint density at radius 2 is 2.38 bits per heavy atom. The van der Waals surface area contributed by atoms with Gasteiger partial charge in [-0.05, 0) is 13.3 Å². The fraction of sp³-hybridized carbons (Fsp3) is 0.333. The normalized spacial score (nSPS) is 11.8. The number of amides is 1. The molecule has 0 saturated carbocycles. The lowest BCUT2D eigenvalue weighted by Gasteiger charge is -2.10. The van der Waals surface area contributed by atoms with Crippen LogP contribution in [0.5, 0.6) is 0 Å². The first-order valence-electron chi connectivity index (χ1n) is 4.58. The van der Waals surface area contributed by atoms with Crippen molar-refractivity contribution in [2.45, 2.75) is 19.4 Å². The molecule has 3 N–H and O–H groups in total. The largest absolute Gasteiger partial charge is 0.480 e. The summed E-state index contributed by atoms with van der Waals surface area (Å²) < 4.78 is 0. The van der Waals surface area contributed by atoms with Gasteiger partial charge in [0, 0.05) is 0 Å². The lowest BCUT2D eigenvalue weighted by atomic mass is 10.2. The number of aliphatic carboxylic acids is 1. The van der Waals surface area contributed by atoms with Crippen LogP contribution in [-0.4, -0.2) is 38.2 Å². The molecule has 1 amide bonds. The van der Waals surface area contributed by atoms with E-state index in [-0.39, 0.29) is 12.2 Å². The van der Waals surface area contributed by atoms with E-state index in [4.69, 9.17) is 5.11 Å². The number of aromatic amines is 1.